The van der Waals surface area contributed by atoms with E-state index in [0.29, 0.717) is 6.04 Å². The van der Waals surface area contributed by atoms with E-state index in [2.05, 4.69) is 40.0 Å². The molecule has 5 heteroatoms. The number of methoxy groups -OCH3 is 1. The van der Waals surface area contributed by atoms with Gasteiger partial charge in [0.15, 0.2) is 0 Å². The molecule has 1 fully saturated rings. The highest BCUT2D eigenvalue weighted by Gasteiger charge is 2.22. The van der Waals surface area contributed by atoms with Crippen LogP contribution in [0.5, 0.6) is 5.75 Å². The molecule has 0 aliphatic carbocycles. The molecule has 1 atom stereocenters. The van der Waals surface area contributed by atoms with Crippen LogP contribution in [0, 0.1) is 0 Å². The van der Waals surface area contributed by atoms with Crippen LogP contribution in [-0.2, 0) is 6.54 Å². The van der Waals surface area contributed by atoms with Crippen LogP contribution in [0.1, 0.15) is 18.5 Å². The van der Waals surface area contributed by atoms with Gasteiger partial charge in [-0.25, -0.2) is 0 Å². The molecule has 5 nitrogen and oxygen atoms in total. The van der Waals surface area contributed by atoms with E-state index in [9.17, 15) is 0 Å². The molecule has 0 bridgehead atoms. The monoisotopic (exact) mass is 314 g/mol. The summed E-state index contributed by atoms with van der Waals surface area (Å²) in [6.07, 6.45) is 3.87. The Morgan fingerprint density at radius 2 is 1.96 bits per heavy atom. The Bertz CT molecular complexity index is 591. The van der Waals surface area contributed by atoms with Crippen molar-refractivity contribution in [1.29, 1.82) is 0 Å². The first-order valence-electron chi connectivity index (χ1n) is 8.34. The summed E-state index contributed by atoms with van der Waals surface area (Å²) in [5, 5.41) is 4.27. The van der Waals surface area contributed by atoms with Crippen molar-refractivity contribution >= 4 is 0 Å². The maximum Gasteiger partial charge on any atom is 0.119 e. The Balaban J connectivity index is 1.49. The standard InChI is InChI=1S/C18H26N4O/c1-16(17-5-3-6-18(15-17)23-2)21-12-9-20(10-13-21)11-14-22-8-4-7-19-22/h3-8,15-16H,9-14H2,1-2H3/t16-/m0/s1. The maximum atomic E-state index is 5.34. The molecule has 0 amide bonds. The molecule has 1 aliphatic rings. The average molecular weight is 314 g/mol. The van der Waals surface area contributed by atoms with Crippen molar-refractivity contribution in [2.45, 2.75) is 19.5 Å². The summed E-state index contributed by atoms with van der Waals surface area (Å²) in [7, 11) is 1.72. The van der Waals surface area contributed by atoms with Crippen molar-refractivity contribution in [3.05, 3.63) is 48.3 Å². The fraction of sp³-hybridized carbons (Fsp3) is 0.500. The maximum absolute atomic E-state index is 5.34. The summed E-state index contributed by atoms with van der Waals surface area (Å²) < 4.78 is 7.35. The predicted molar refractivity (Wildman–Crippen MR) is 91.6 cm³/mol. The molecule has 3 rings (SSSR count). The number of piperazine rings is 1. The molecule has 1 saturated heterocycles. The van der Waals surface area contributed by atoms with Gasteiger partial charge in [0.25, 0.3) is 0 Å². The second-order valence-corrected chi connectivity index (χ2v) is 6.10. The van der Waals surface area contributed by atoms with Crippen molar-refractivity contribution in [3.63, 3.8) is 0 Å². The van der Waals surface area contributed by atoms with E-state index >= 15 is 0 Å². The number of benzene rings is 1. The molecule has 2 aromatic rings. The quantitative estimate of drug-likeness (QED) is 0.819. The fourth-order valence-electron chi connectivity index (χ4n) is 3.16. The first kappa shape index (κ1) is 16.0. The van der Waals surface area contributed by atoms with Crippen LogP contribution in [0.25, 0.3) is 0 Å². The van der Waals surface area contributed by atoms with Crippen LogP contribution in [0.4, 0.5) is 0 Å². The largest absolute Gasteiger partial charge is 0.497 e. The van der Waals surface area contributed by atoms with Gasteiger partial charge in [0.1, 0.15) is 5.75 Å². The zero-order valence-corrected chi connectivity index (χ0v) is 14.1. The van der Waals surface area contributed by atoms with Gasteiger partial charge in [0, 0.05) is 51.2 Å². The lowest BCUT2D eigenvalue weighted by atomic mass is 10.1. The minimum atomic E-state index is 0.429. The topological polar surface area (TPSA) is 33.5 Å². The molecule has 0 saturated carbocycles. The van der Waals surface area contributed by atoms with Gasteiger partial charge in [-0.3, -0.25) is 14.5 Å². The minimum Gasteiger partial charge on any atom is -0.497 e. The van der Waals surface area contributed by atoms with Gasteiger partial charge in [-0.15, -0.1) is 0 Å². The summed E-state index contributed by atoms with van der Waals surface area (Å²) in [4.78, 5) is 5.08. The lowest BCUT2D eigenvalue weighted by molar-refractivity contribution is 0.0991. The summed E-state index contributed by atoms with van der Waals surface area (Å²) in [6.45, 7) is 8.79. The van der Waals surface area contributed by atoms with E-state index in [4.69, 9.17) is 4.74 Å². The van der Waals surface area contributed by atoms with Gasteiger partial charge in [0.2, 0.25) is 0 Å². The third-order valence-corrected chi connectivity index (χ3v) is 4.74. The molecule has 1 aromatic carbocycles. The SMILES string of the molecule is COc1cccc([C@H](C)N2CCN(CCn3cccn3)CC2)c1. The smallest absolute Gasteiger partial charge is 0.119 e. The van der Waals surface area contributed by atoms with Crippen LogP contribution in [0.2, 0.25) is 0 Å². The third-order valence-electron chi connectivity index (χ3n) is 4.74. The number of rotatable bonds is 6. The van der Waals surface area contributed by atoms with E-state index < -0.39 is 0 Å². The molecular weight excluding hydrogens is 288 g/mol. The van der Waals surface area contributed by atoms with Crippen LogP contribution < -0.4 is 4.74 Å². The molecular formula is C18H26N4O. The van der Waals surface area contributed by atoms with Gasteiger partial charge in [-0.1, -0.05) is 12.1 Å². The lowest BCUT2D eigenvalue weighted by Crippen LogP contribution is -2.47. The molecule has 0 radical (unpaired) electrons. The van der Waals surface area contributed by atoms with Gasteiger partial charge in [0.05, 0.1) is 13.7 Å². The number of aromatic nitrogens is 2. The Morgan fingerprint density at radius 1 is 1.13 bits per heavy atom. The number of ether oxygens (including phenoxy) is 1. The molecule has 2 heterocycles. The van der Waals surface area contributed by atoms with Crippen LogP contribution in [0.15, 0.2) is 42.7 Å². The van der Waals surface area contributed by atoms with Crippen molar-refractivity contribution < 1.29 is 4.74 Å². The van der Waals surface area contributed by atoms with Crippen molar-refractivity contribution in [3.8, 4) is 5.75 Å². The van der Waals surface area contributed by atoms with Crippen molar-refractivity contribution in [2.75, 3.05) is 39.8 Å². The number of nitrogens with zero attached hydrogens (tertiary/aromatic N) is 4. The van der Waals surface area contributed by atoms with Crippen LogP contribution in [-0.4, -0.2) is 59.4 Å². The van der Waals surface area contributed by atoms with Gasteiger partial charge >= 0.3 is 0 Å². The second kappa shape index (κ2) is 7.62. The molecule has 0 unspecified atom stereocenters. The summed E-state index contributed by atoms with van der Waals surface area (Å²) in [6, 6.07) is 10.8. The Hall–Kier alpha value is -1.85. The van der Waals surface area contributed by atoms with E-state index in [0.717, 1.165) is 45.0 Å². The Kier molecular flexibility index (Phi) is 5.31. The zero-order valence-electron chi connectivity index (χ0n) is 14.1. The molecule has 0 N–H and O–H groups in total. The highest BCUT2D eigenvalue weighted by Crippen LogP contribution is 2.24. The van der Waals surface area contributed by atoms with E-state index in [-0.39, 0.29) is 0 Å². The summed E-state index contributed by atoms with van der Waals surface area (Å²) in [5.74, 6) is 0.937. The fourth-order valence-corrected chi connectivity index (χ4v) is 3.16. The van der Waals surface area contributed by atoms with Gasteiger partial charge in [-0.2, -0.15) is 5.10 Å². The first-order valence-corrected chi connectivity index (χ1v) is 8.34. The Labute approximate surface area is 138 Å². The second-order valence-electron chi connectivity index (χ2n) is 6.10. The molecule has 124 valence electrons. The van der Waals surface area contributed by atoms with Gasteiger partial charge < -0.3 is 4.74 Å². The molecule has 1 aliphatic heterocycles. The van der Waals surface area contributed by atoms with E-state index in [1.54, 1.807) is 7.11 Å². The summed E-state index contributed by atoms with van der Waals surface area (Å²) in [5.41, 5.74) is 1.33. The first-order chi connectivity index (χ1) is 11.3. The predicted octanol–water partition coefficient (Wildman–Crippen LogP) is 2.27. The highest BCUT2D eigenvalue weighted by atomic mass is 16.5. The average Bonchev–Trinajstić information content (AvgIpc) is 3.13. The van der Waals surface area contributed by atoms with Crippen LogP contribution >= 0.6 is 0 Å². The molecule has 1 aromatic heterocycles. The van der Waals surface area contributed by atoms with Crippen molar-refractivity contribution in [1.82, 2.24) is 19.6 Å². The minimum absolute atomic E-state index is 0.429. The normalized spacial score (nSPS) is 18.0. The van der Waals surface area contributed by atoms with Crippen LogP contribution in [0.3, 0.4) is 0 Å². The van der Waals surface area contributed by atoms with E-state index in [1.807, 2.05) is 29.2 Å². The number of hydrogen-bond donors (Lipinski definition) is 0. The lowest BCUT2D eigenvalue weighted by Gasteiger charge is -2.38. The Morgan fingerprint density at radius 3 is 2.65 bits per heavy atom. The third kappa shape index (κ3) is 4.12. The van der Waals surface area contributed by atoms with E-state index in [1.165, 1.54) is 5.56 Å². The molecule has 0 spiro atoms. The highest BCUT2D eigenvalue weighted by molar-refractivity contribution is 5.30. The van der Waals surface area contributed by atoms with Gasteiger partial charge in [-0.05, 0) is 30.7 Å². The number of hydrogen-bond acceptors (Lipinski definition) is 4. The summed E-state index contributed by atoms with van der Waals surface area (Å²) >= 11 is 0. The molecule has 23 heavy (non-hydrogen) atoms. The zero-order chi connectivity index (χ0) is 16.1. The van der Waals surface area contributed by atoms with Crippen molar-refractivity contribution in [2.24, 2.45) is 0 Å².